The number of nitrogens with two attached hydrogens (primary N) is 1. The van der Waals surface area contributed by atoms with Gasteiger partial charge in [0.05, 0.1) is 0 Å². The summed E-state index contributed by atoms with van der Waals surface area (Å²) in [6.45, 7) is 11.0. The number of piperazine rings is 1. The van der Waals surface area contributed by atoms with Gasteiger partial charge in [0.1, 0.15) is 0 Å². The number of nitrogens with one attached hydrogen (secondary N) is 1. The second-order valence-electron chi connectivity index (χ2n) is 4.45. The van der Waals surface area contributed by atoms with Gasteiger partial charge in [0.2, 0.25) is 0 Å². The lowest BCUT2D eigenvalue weighted by atomic mass is 10.0. The quantitative estimate of drug-likeness (QED) is 0.654. The molecule has 0 amide bonds. The Morgan fingerprint density at radius 2 is 2.00 bits per heavy atom. The minimum Gasteiger partial charge on any atom is -0.327 e. The second-order valence-corrected chi connectivity index (χ2v) is 4.45. The van der Waals surface area contributed by atoms with Gasteiger partial charge in [-0.2, -0.15) is 0 Å². The molecule has 0 saturated carbocycles. The van der Waals surface area contributed by atoms with E-state index in [1.165, 1.54) is 0 Å². The molecular formula is C10H23N3. The third-order valence-electron chi connectivity index (χ3n) is 3.10. The van der Waals surface area contributed by atoms with Crippen molar-refractivity contribution < 1.29 is 0 Å². The fraction of sp³-hybridized carbons (Fsp3) is 1.00. The molecule has 0 aromatic carbocycles. The topological polar surface area (TPSA) is 41.3 Å². The summed E-state index contributed by atoms with van der Waals surface area (Å²) >= 11 is 0. The SMILES string of the molecule is CC1CN(C(C)C(C)N)C(C)CN1. The Morgan fingerprint density at radius 3 is 2.54 bits per heavy atom. The van der Waals surface area contributed by atoms with E-state index in [-0.39, 0.29) is 6.04 Å². The van der Waals surface area contributed by atoms with Crippen molar-refractivity contribution in [2.75, 3.05) is 13.1 Å². The average Bonchev–Trinajstić information content (AvgIpc) is 2.08. The van der Waals surface area contributed by atoms with Gasteiger partial charge in [-0.15, -0.1) is 0 Å². The molecule has 0 aromatic rings. The van der Waals surface area contributed by atoms with Crippen LogP contribution >= 0.6 is 0 Å². The number of hydrogen-bond acceptors (Lipinski definition) is 3. The Hall–Kier alpha value is -0.120. The van der Waals surface area contributed by atoms with E-state index in [9.17, 15) is 0 Å². The molecule has 4 atom stereocenters. The molecule has 1 aliphatic heterocycles. The highest BCUT2D eigenvalue weighted by Crippen LogP contribution is 2.12. The van der Waals surface area contributed by atoms with E-state index in [0.717, 1.165) is 13.1 Å². The van der Waals surface area contributed by atoms with Gasteiger partial charge >= 0.3 is 0 Å². The zero-order valence-electron chi connectivity index (χ0n) is 9.25. The lowest BCUT2D eigenvalue weighted by Crippen LogP contribution is -2.60. The Balaban J connectivity index is 2.54. The summed E-state index contributed by atoms with van der Waals surface area (Å²) < 4.78 is 0. The van der Waals surface area contributed by atoms with Gasteiger partial charge in [0.15, 0.2) is 0 Å². The first-order valence-electron chi connectivity index (χ1n) is 5.27. The summed E-state index contributed by atoms with van der Waals surface area (Å²) in [6.07, 6.45) is 0. The van der Waals surface area contributed by atoms with Gasteiger partial charge in [-0.1, -0.05) is 0 Å². The van der Waals surface area contributed by atoms with Crippen LogP contribution in [0, 0.1) is 0 Å². The van der Waals surface area contributed by atoms with E-state index in [0.29, 0.717) is 18.1 Å². The molecule has 4 unspecified atom stereocenters. The Bertz CT molecular complexity index is 158. The van der Waals surface area contributed by atoms with Gasteiger partial charge in [-0.25, -0.2) is 0 Å². The molecule has 0 spiro atoms. The Kier molecular flexibility index (Phi) is 3.71. The van der Waals surface area contributed by atoms with E-state index in [2.05, 4.69) is 37.9 Å². The fourth-order valence-electron chi connectivity index (χ4n) is 1.92. The first-order chi connectivity index (χ1) is 6.02. The molecule has 0 radical (unpaired) electrons. The van der Waals surface area contributed by atoms with E-state index in [4.69, 9.17) is 5.73 Å². The van der Waals surface area contributed by atoms with Crippen molar-refractivity contribution in [2.24, 2.45) is 5.73 Å². The van der Waals surface area contributed by atoms with Crippen LogP contribution < -0.4 is 11.1 Å². The maximum absolute atomic E-state index is 5.91. The fourth-order valence-corrected chi connectivity index (χ4v) is 1.92. The molecular weight excluding hydrogens is 162 g/mol. The smallest absolute Gasteiger partial charge is 0.0220 e. The zero-order chi connectivity index (χ0) is 10.0. The highest BCUT2D eigenvalue weighted by molar-refractivity contribution is 4.87. The summed E-state index contributed by atoms with van der Waals surface area (Å²) in [5, 5.41) is 3.47. The lowest BCUT2D eigenvalue weighted by molar-refractivity contribution is 0.0927. The predicted octanol–water partition coefficient (Wildman–Crippen LogP) is 0.404. The lowest BCUT2D eigenvalue weighted by Gasteiger charge is -2.42. The molecule has 13 heavy (non-hydrogen) atoms. The molecule has 3 heteroatoms. The van der Waals surface area contributed by atoms with E-state index in [1.807, 2.05) is 0 Å². The number of rotatable bonds is 2. The molecule has 1 saturated heterocycles. The van der Waals surface area contributed by atoms with Gasteiger partial charge in [0.25, 0.3) is 0 Å². The van der Waals surface area contributed by atoms with Crippen LogP contribution in [0.3, 0.4) is 0 Å². The van der Waals surface area contributed by atoms with Crippen molar-refractivity contribution in [3.63, 3.8) is 0 Å². The molecule has 1 aliphatic rings. The summed E-state index contributed by atoms with van der Waals surface area (Å²) in [5.74, 6) is 0. The second kappa shape index (κ2) is 4.40. The largest absolute Gasteiger partial charge is 0.327 e. The normalized spacial score (nSPS) is 35.8. The van der Waals surface area contributed by atoms with E-state index < -0.39 is 0 Å². The van der Waals surface area contributed by atoms with Gasteiger partial charge in [0, 0.05) is 37.3 Å². The van der Waals surface area contributed by atoms with Crippen LogP contribution in [0.2, 0.25) is 0 Å². The monoisotopic (exact) mass is 185 g/mol. The van der Waals surface area contributed by atoms with Crippen molar-refractivity contribution in [3.05, 3.63) is 0 Å². The maximum atomic E-state index is 5.91. The van der Waals surface area contributed by atoms with Crippen LogP contribution in [0.15, 0.2) is 0 Å². The summed E-state index contributed by atoms with van der Waals surface area (Å²) in [6, 6.07) is 1.95. The molecule has 78 valence electrons. The van der Waals surface area contributed by atoms with Crippen LogP contribution in [-0.2, 0) is 0 Å². The standard InChI is InChI=1S/C10H23N3/c1-7-6-13(8(2)5-12-7)10(4)9(3)11/h7-10,12H,5-6,11H2,1-4H3. The highest BCUT2D eigenvalue weighted by Gasteiger charge is 2.27. The van der Waals surface area contributed by atoms with E-state index in [1.54, 1.807) is 0 Å². The Labute approximate surface area is 81.7 Å². The minimum absolute atomic E-state index is 0.257. The Morgan fingerprint density at radius 1 is 1.38 bits per heavy atom. The number of nitrogens with zero attached hydrogens (tertiary/aromatic N) is 1. The third-order valence-corrected chi connectivity index (χ3v) is 3.10. The summed E-state index contributed by atoms with van der Waals surface area (Å²) in [7, 11) is 0. The van der Waals surface area contributed by atoms with Crippen molar-refractivity contribution in [2.45, 2.75) is 51.9 Å². The molecule has 1 heterocycles. The van der Waals surface area contributed by atoms with Crippen LogP contribution in [0.1, 0.15) is 27.7 Å². The molecule has 0 aromatic heterocycles. The van der Waals surface area contributed by atoms with Crippen molar-refractivity contribution in [1.82, 2.24) is 10.2 Å². The zero-order valence-corrected chi connectivity index (χ0v) is 9.25. The molecule has 3 N–H and O–H groups in total. The van der Waals surface area contributed by atoms with Crippen LogP contribution in [-0.4, -0.2) is 42.2 Å². The minimum atomic E-state index is 0.257. The highest BCUT2D eigenvalue weighted by atomic mass is 15.3. The first-order valence-corrected chi connectivity index (χ1v) is 5.27. The molecule has 0 aliphatic carbocycles. The van der Waals surface area contributed by atoms with Crippen molar-refractivity contribution >= 4 is 0 Å². The van der Waals surface area contributed by atoms with Gasteiger partial charge < -0.3 is 11.1 Å². The van der Waals surface area contributed by atoms with Crippen molar-refractivity contribution in [1.29, 1.82) is 0 Å². The third kappa shape index (κ3) is 2.66. The van der Waals surface area contributed by atoms with Crippen LogP contribution in [0.25, 0.3) is 0 Å². The van der Waals surface area contributed by atoms with Gasteiger partial charge in [-0.05, 0) is 27.7 Å². The summed E-state index contributed by atoms with van der Waals surface area (Å²) in [4.78, 5) is 2.51. The predicted molar refractivity (Wildman–Crippen MR) is 56.7 cm³/mol. The summed E-state index contributed by atoms with van der Waals surface area (Å²) in [5.41, 5.74) is 5.91. The van der Waals surface area contributed by atoms with E-state index >= 15 is 0 Å². The van der Waals surface area contributed by atoms with Crippen LogP contribution in [0.5, 0.6) is 0 Å². The number of hydrogen-bond donors (Lipinski definition) is 2. The molecule has 3 nitrogen and oxygen atoms in total. The molecule has 1 rings (SSSR count). The maximum Gasteiger partial charge on any atom is 0.0220 e. The molecule has 1 fully saturated rings. The molecule has 0 bridgehead atoms. The van der Waals surface area contributed by atoms with Gasteiger partial charge in [-0.3, -0.25) is 4.90 Å². The average molecular weight is 185 g/mol. The van der Waals surface area contributed by atoms with Crippen molar-refractivity contribution in [3.8, 4) is 0 Å². The van der Waals surface area contributed by atoms with Crippen LogP contribution in [0.4, 0.5) is 0 Å². The first kappa shape index (κ1) is 11.0.